The quantitative estimate of drug-likeness (QED) is 0.800. The molecule has 0 N–H and O–H groups in total. The van der Waals surface area contributed by atoms with Crippen molar-refractivity contribution >= 4 is 25.8 Å². The Kier molecular flexibility index (Phi) is 4.43. The first-order chi connectivity index (χ1) is 8.52. The first kappa shape index (κ1) is 14.0. The lowest BCUT2D eigenvalue weighted by molar-refractivity contribution is 0.518. The fourth-order valence-corrected chi connectivity index (χ4v) is 6.13. The minimum absolute atomic E-state index is 0.0230. The molecule has 1 aromatic heterocycles. The van der Waals surface area contributed by atoms with Crippen molar-refractivity contribution < 1.29 is 8.42 Å². The van der Waals surface area contributed by atoms with Crippen LogP contribution in [-0.2, 0) is 9.84 Å². The molecule has 2 rings (SSSR count). The van der Waals surface area contributed by atoms with E-state index in [1.807, 2.05) is 12.1 Å². The molecule has 100 valence electrons. The van der Waals surface area contributed by atoms with Crippen LogP contribution < -0.4 is 0 Å². The van der Waals surface area contributed by atoms with Crippen molar-refractivity contribution in [2.45, 2.75) is 42.2 Å². The number of hydrogen-bond acceptors (Lipinski definition) is 3. The zero-order chi connectivity index (χ0) is 13.2. The summed E-state index contributed by atoms with van der Waals surface area (Å²) in [7, 11) is -2.94. The van der Waals surface area contributed by atoms with Crippen LogP contribution in [0.3, 0.4) is 0 Å². The van der Waals surface area contributed by atoms with Crippen molar-refractivity contribution in [3.63, 3.8) is 0 Å². The third kappa shape index (κ3) is 2.94. The van der Waals surface area contributed by atoms with Gasteiger partial charge in [0.15, 0.2) is 9.84 Å². The van der Waals surface area contributed by atoms with Crippen molar-refractivity contribution in [2.24, 2.45) is 0 Å². The Hall–Kier alpha value is -0.420. The molecule has 0 amide bonds. The van der Waals surface area contributed by atoms with Crippen LogP contribution >= 0.6 is 15.9 Å². The molecule has 3 nitrogen and oxygen atoms in total. The highest BCUT2D eigenvalue weighted by atomic mass is 79.9. The molecule has 1 aliphatic rings. The lowest BCUT2D eigenvalue weighted by Crippen LogP contribution is -2.37. The molecule has 1 aromatic rings. The number of alkyl halides is 1. The van der Waals surface area contributed by atoms with Crippen LogP contribution in [0.1, 0.15) is 37.7 Å². The van der Waals surface area contributed by atoms with Gasteiger partial charge in [-0.15, -0.1) is 0 Å². The van der Waals surface area contributed by atoms with Crippen molar-refractivity contribution in [1.29, 1.82) is 0 Å². The lowest BCUT2D eigenvalue weighted by Gasteiger charge is -2.30. The summed E-state index contributed by atoms with van der Waals surface area (Å²) in [6.45, 7) is 2.07. The second kappa shape index (κ2) is 5.70. The van der Waals surface area contributed by atoms with E-state index in [0.717, 1.165) is 24.8 Å². The molecule has 0 radical (unpaired) electrons. The van der Waals surface area contributed by atoms with Gasteiger partial charge in [-0.3, -0.25) is 4.98 Å². The molecule has 0 aliphatic carbocycles. The molecule has 2 heterocycles. The SMILES string of the molecule is CC(c1ccncc1)C(Br)C1CCCCS1(=O)=O. The minimum atomic E-state index is -2.94. The molecule has 3 atom stereocenters. The summed E-state index contributed by atoms with van der Waals surface area (Å²) in [5.41, 5.74) is 1.13. The van der Waals surface area contributed by atoms with E-state index in [4.69, 9.17) is 0 Å². The van der Waals surface area contributed by atoms with E-state index in [0.29, 0.717) is 5.75 Å². The number of nitrogens with zero attached hydrogens (tertiary/aromatic N) is 1. The highest BCUT2D eigenvalue weighted by molar-refractivity contribution is 9.09. The first-order valence-electron chi connectivity index (χ1n) is 6.28. The smallest absolute Gasteiger partial charge is 0.154 e. The third-order valence-electron chi connectivity index (χ3n) is 3.69. The lowest BCUT2D eigenvalue weighted by atomic mass is 9.95. The van der Waals surface area contributed by atoms with Gasteiger partial charge in [0.05, 0.1) is 11.0 Å². The molecule has 5 heteroatoms. The van der Waals surface area contributed by atoms with Gasteiger partial charge in [-0.05, 0) is 36.5 Å². The number of aromatic nitrogens is 1. The van der Waals surface area contributed by atoms with Gasteiger partial charge in [-0.1, -0.05) is 29.3 Å². The van der Waals surface area contributed by atoms with Crippen molar-refractivity contribution in [3.8, 4) is 0 Å². The van der Waals surface area contributed by atoms with Gasteiger partial charge in [-0.2, -0.15) is 0 Å². The highest BCUT2D eigenvalue weighted by Crippen LogP contribution is 2.34. The predicted octanol–water partition coefficient (Wildman–Crippen LogP) is 2.92. The molecule has 0 bridgehead atoms. The molecule has 18 heavy (non-hydrogen) atoms. The summed E-state index contributed by atoms with van der Waals surface area (Å²) in [5.74, 6) is 0.508. The van der Waals surface area contributed by atoms with E-state index in [1.54, 1.807) is 12.4 Å². The van der Waals surface area contributed by atoms with Crippen LogP contribution in [0.4, 0.5) is 0 Å². The second-order valence-corrected chi connectivity index (χ2v) is 8.31. The van der Waals surface area contributed by atoms with Crippen LogP contribution in [-0.4, -0.2) is 29.2 Å². The second-order valence-electron chi connectivity index (χ2n) is 4.91. The van der Waals surface area contributed by atoms with Gasteiger partial charge in [0.25, 0.3) is 0 Å². The van der Waals surface area contributed by atoms with E-state index in [2.05, 4.69) is 27.8 Å². The average Bonchev–Trinajstić information content (AvgIpc) is 2.37. The summed E-state index contributed by atoms with van der Waals surface area (Å²) in [6.07, 6.45) is 6.09. The molecule has 0 spiro atoms. The average molecular weight is 332 g/mol. The number of sulfone groups is 1. The Labute approximate surface area is 117 Å². The van der Waals surface area contributed by atoms with Crippen LogP contribution in [0.15, 0.2) is 24.5 Å². The Morgan fingerprint density at radius 2 is 2.00 bits per heavy atom. The van der Waals surface area contributed by atoms with E-state index in [-0.39, 0.29) is 16.0 Å². The van der Waals surface area contributed by atoms with Gasteiger partial charge >= 0.3 is 0 Å². The maximum Gasteiger partial charge on any atom is 0.154 e. The fourth-order valence-electron chi connectivity index (χ4n) is 2.51. The number of rotatable bonds is 3. The Morgan fingerprint density at radius 3 is 2.61 bits per heavy atom. The van der Waals surface area contributed by atoms with Crippen LogP contribution in [0.2, 0.25) is 0 Å². The standard InChI is InChI=1S/C13H18BrNO2S/c1-10(11-5-7-15-8-6-11)13(14)12-4-2-3-9-18(12,16)17/h5-8,10,12-13H,2-4,9H2,1H3. The molecular formula is C13H18BrNO2S. The van der Waals surface area contributed by atoms with Crippen LogP contribution in [0.25, 0.3) is 0 Å². The largest absolute Gasteiger partial charge is 0.265 e. The molecule has 1 saturated heterocycles. The van der Waals surface area contributed by atoms with Crippen LogP contribution in [0, 0.1) is 0 Å². The first-order valence-corrected chi connectivity index (χ1v) is 8.91. The Bertz CT molecular complexity index is 489. The number of pyridine rings is 1. The molecule has 0 aromatic carbocycles. The zero-order valence-electron chi connectivity index (χ0n) is 10.4. The van der Waals surface area contributed by atoms with E-state index >= 15 is 0 Å². The van der Waals surface area contributed by atoms with E-state index in [9.17, 15) is 8.42 Å². The summed E-state index contributed by atoms with van der Waals surface area (Å²) in [5, 5.41) is -0.255. The van der Waals surface area contributed by atoms with Gasteiger partial charge in [-0.25, -0.2) is 8.42 Å². The van der Waals surface area contributed by atoms with E-state index in [1.165, 1.54) is 0 Å². The summed E-state index contributed by atoms with van der Waals surface area (Å²) >= 11 is 3.62. The molecule has 3 unspecified atom stereocenters. The summed E-state index contributed by atoms with van der Waals surface area (Å²) < 4.78 is 24.2. The van der Waals surface area contributed by atoms with Gasteiger partial charge in [0, 0.05) is 17.2 Å². The number of hydrogen-bond donors (Lipinski definition) is 0. The van der Waals surface area contributed by atoms with Gasteiger partial charge in [0.1, 0.15) is 0 Å². The minimum Gasteiger partial charge on any atom is -0.265 e. The normalized spacial score (nSPS) is 26.4. The van der Waals surface area contributed by atoms with Crippen molar-refractivity contribution in [3.05, 3.63) is 30.1 Å². The monoisotopic (exact) mass is 331 g/mol. The topological polar surface area (TPSA) is 47.0 Å². The molecular weight excluding hydrogens is 314 g/mol. The zero-order valence-corrected chi connectivity index (χ0v) is 12.8. The predicted molar refractivity (Wildman–Crippen MR) is 76.8 cm³/mol. The van der Waals surface area contributed by atoms with Crippen LogP contribution in [0.5, 0.6) is 0 Å². The maximum atomic E-state index is 12.1. The van der Waals surface area contributed by atoms with Crippen molar-refractivity contribution in [2.75, 3.05) is 5.75 Å². The van der Waals surface area contributed by atoms with Gasteiger partial charge in [0.2, 0.25) is 0 Å². The Morgan fingerprint density at radius 1 is 1.33 bits per heavy atom. The highest BCUT2D eigenvalue weighted by Gasteiger charge is 2.37. The van der Waals surface area contributed by atoms with Gasteiger partial charge < -0.3 is 0 Å². The third-order valence-corrected chi connectivity index (χ3v) is 7.78. The van der Waals surface area contributed by atoms with E-state index < -0.39 is 9.84 Å². The molecule has 1 fully saturated rings. The number of halogens is 1. The summed E-state index contributed by atoms with van der Waals surface area (Å²) in [6, 6.07) is 3.91. The summed E-state index contributed by atoms with van der Waals surface area (Å²) in [4.78, 5) is 3.97. The molecule has 1 aliphatic heterocycles. The van der Waals surface area contributed by atoms with Crippen molar-refractivity contribution in [1.82, 2.24) is 4.98 Å². The fraction of sp³-hybridized carbons (Fsp3) is 0.615. The Balaban J connectivity index is 2.18. The maximum absolute atomic E-state index is 12.1. The molecule has 0 saturated carbocycles.